The number of carbonyl (C=O) groups is 1. The number of nitrogens with one attached hydrogen (secondary N) is 1. The van der Waals surface area contributed by atoms with Crippen LogP contribution in [0.4, 0.5) is 0 Å². The van der Waals surface area contributed by atoms with E-state index < -0.39 is 0 Å². The second kappa shape index (κ2) is 10.7. The highest BCUT2D eigenvalue weighted by atomic mass is 16.5. The first-order valence-electron chi connectivity index (χ1n) is 11.8. The molecule has 2 unspecified atom stereocenters. The van der Waals surface area contributed by atoms with Crippen molar-refractivity contribution in [3.05, 3.63) is 23.8 Å². The van der Waals surface area contributed by atoms with Gasteiger partial charge in [-0.1, -0.05) is 19.9 Å². The third-order valence-corrected chi connectivity index (χ3v) is 6.49. The Hall–Kier alpha value is -1.83. The summed E-state index contributed by atoms with van der Waals surface area (Å²) in [6, 6.07) is 5.99. The molecule has 2 saturated heterocycles. The van der Waals surface area contributed by atoms with E-state index in [1.165, 1.54) is 6.42 Å². The lowest BCUT2D eigenvalue weighted by molar-refractivity contribution is -0.123. The van der Waals surface area contributed by atoms with Gasteiger partial charge in [-0.3, -0.25) is 9.69 Å². The molecule has 1 N–H and O–H groups in total. The first-order chi connectivity index (χ1) is 15.1. The Morgan fingerprint density at radius 1 is 1.06 bits per heavy atom. The van der Waals surface area contributed by atoms with Gasteiger partial charge in [-0.15, -0.1) is 0 Å². The molecule has 1 amide bonds. The number of fused-ring (bicyclic) bond motifs is 1. The molecule has 4 rings (SSSR count). The number of carbonyl (C=O) groups excluding carboxylic acids is 1. The minimum atomic E-state index is -0.0479. The van der Waals surface area contributed by atoms with E-state index in [2.05, 4.69) is 29.0 Å². The highest BCUT2D eigenvalue weighted by Crippen LogP contribution is 2.34. The number of hydrogen-bond donors (Lipinski definition) is 1. The highest BCUT2D eigenvalue weighted by molar-refractivity contribution is 5.78. The molecule has 2 atom stereocenters. The van der Waals surface area contributed by atoms with Crippen LogP contribution in [0.2, 0.25) is 0 Å². The van der Waals surface area contributed by atoms with Crippen molar-refractivity contribution < 1.29 is 19.0 Å². The molecule has 3 aliphatic rings. The van der Waals surface area contributed by atoms with Gasteiger partial charge in [-0.2, -0.15) is 0 Å². The lowest BCUT2D eigenvalue weighted by atomic mass is 9.95. The summed E-state index contributed by atoms with van der Waals surface area (Å²) in [5.41, 5.74) is 1.07. The van der Waals surface area contributed by atoms with Crippen molar-refractivity contribution in [2.45, 2.75) is 32.7 Å². The molecule has 0 aromatic heterocycles. The molecule has 1 aromatic carbocycles. The molecule has 31 heavy (non-hydrogen) atoms. The van der Waals surface area contributed by atoms with Gasteiger partial charge in [-0.05, 0) is 36.0 Å². The zero-order valence-corrected chi connectivity index (χ0v) is 19.0. The second-order valence-corrected chi connectivity index (χ2v) is 9.35. The monoisotopic (exact) mass is 431 g/mol. The van der Waals surface area contributed by atoms with Gasteiger partial charge in [0, 0.05) is 45.8 Å². The van der Waals surface area contributed by atoms with Crippen LogP contribution < -0.4 is 14.8 Å². The highest BCUT2D eigenvalue weighted by Gasteiger charge is 2.25. The maximum Gasteiger partial charge on any atom is 0.234 e. The van der Waals surface area contributed by atoms with Crippen molar-refractivity contribution in [1.82, 2.24) is 15.1 Å². The largest absolute Gasteiger partial charge is 0.490 e. The molecule has 3 aliphatic heterocycles. The lowest BCUT2D eigenvalue weighted by Crippen LogP contribution is -2.50. The predicted molar refractivity (Wildman–Crippen MR) is 120 cm³/mol. The van der Waals surface area contributed by atoms with E-state index in [0.717, 1.165) is 69.4 Å². The molecular formula is C24H37N3O4. The Labute approximate surface area is 186 Å². The van der Waals surface area contributed by atoms with Crippen molar-refractivity contribution in [3.8, 4) is 11.5 Å². The van der Waals surface area contributed by atoms with Crippen molar-refractivity contribution in [3.63, 3.8) is 0 Å². The van der Waals surface area contributed by atoms with E-state index in [-0.39, 0.29) is 17.9 Å². The van der Waals surface area contributed by atoms with Crippen molar-refractivity contribution in [2.75, 3.05) is 65.7 Å². The molecule has 7 heteroatoms. The fourth-order valence-corrected chi connectivity index (χ4v) is 4.65. The van der Waals surface area contributed by atoms with E-state index in [1.54, 1.807) is 0 Å². The molecule has 0 spiro atoms. The molecule has 0 radical (unpaired) electrons. The average molecular weight is 432 g/mol. The number of ether oxygens (including phenoxy) is 3. The molecule has 172 valence electrons. The molecule has 0 bridgehead atoms. The number of hydrogen-bond acceptors (Lipinski definition) is 6. The smallest absolute Gasteiger partial charge is 0.234 e. The van der Waals surface area contributed by atoms with Gasteiger partial charge in [0.15, 0.2) is 11.5 Å². The van der Waals surface area contributed by atoms with Crippen LogP contribution in [0.1, 0.15) is 38.3 Å². The number of amides is 1. The van der Waals surface area contributed by atoms with Gasteiger partial charge in [-0.25, -0.2) is 0 Å². The first-order valence-corrected chi connectivity index (χ1v) is 11.8. The maximum absolute atomic E-state index is 12.9. The van der Waals surface area contributed by atoms with Gasteiger partial charge in [0.2, 0.25) is 5.91 Å². The summed E-state index contributed by atoms with van der Waals surface area (Å²) in [7, 11) is 0. The summed E-state index contributed by atoms with van der Waals surface area (Å²) in [6.07, 6.45) is 2.06. The van der Waals surface area contributed by atoms with Crippen LogP contribution >= 0.6 is 0 Å². The molecule has 2 fully saturated rings. The summed E-state index contributed by atoms with van der Waals surface area (Å²) in [5.74, 6) is 2.61. The third kappa shape index (κ3) is 6.11. The van der Waals surface area contributed by atoms with Gasteiger partial charge in [0.25, 0.3) is 0 Å². The summed E-state index contributed by atoms with van der Waals surface area (Å²) < 4.78 is 17.1. The third-order valence-electron chi connectivity index (χ3n) is 6.49. The van der Waals surface area contributed by atoms with Crippen LogP contribution in [0.5, 0.6) is 11.5 Å². The molecule has 0 saturated carbocycles. The Morgan fingerprint density at radius 2 is 1.81 bits per heavy atom. The standard InChI is InChI=1S/C24H37N3O4/c1-18(2)24(20-4-5-21-22(14-20)31-12-3-11-30-21)25-23(28)16-27-9-7-26(8-10-27)15-19-6-13-29-17-19/h4-5,14,18-19,24H,3,6-13,15-17H2,1-2H3,(H,25,28). The predicted octanol–water partition coefficient (Wildman–Crippen LogP) is 2.32. The van der Waals surface area contributed by atoms with Crippen LogP contribution in [0.3, 0.4) is 0 Å². The summed E-state index contributed by atoms with van der Waals surface area (Å²) >= 11 is 0. The Kier molecular flexibility index (Phi) is 7.69. The molecule has 3 heterocycles. The van der Waals surface area contributed by atoms with E-state index in [0.29, 0.717) is 25.7 Å². The van der Waals surface area contributed by atoms with Gasteiger partial charge < -0.3 is 24.4 Å². The van der Waals surface area contributed by atoms with E-state index >= 15 is 0 Å². The summed E-state index contributed by atoms with van der Waals surface area (Å²) in [6.45, 7) is 12.9. The summed E-state index contributed by atoms with van der Waals surface area (Å²) in [5, 5.41) is 3.27. The number of benzene rings is 1. The van der Waals surface area contributed by atoms with Crippen LogP contribution in [0, 0.1) is 11.8 Å². The molecule has 0 aliphatic carbocycles. The van der Waals surface area contributed by atoms with Crippen LogP contribution in [0.25, 0.3) is 0 Å². The van der Waals surface area contributed by atoms with Crippen molar-refractivity contribution in [1.29, 1.82) is 0 Å². The SMILES string of the molecule is CC(C)C(NC(=O)CN1CCN(CC2CCOC2)CC1)c1ccc2c(c1)OCCCO2. The Balaban J connectivity index is 1.29. The number of piperazine rings is 1. The average Bonchev–Trinajstić information content (AvgIpc) is 3.15. The fourth-order valence-electron chi connectivity index (χ4n) is 4.65. The van der Waals surface area contributed by atoms with Crippen molar-refractivity contribution >= 4 is 5.91 Å². The van der Waals surface area contributed by atoms with Crippen molar-refractivity contribution in [2.24, 2.45) is 11.8 Å². The van der Waals surface area contributed by atoms with Crippen LogP contribution in [-0.4, -0.2) is 81.4 Å². The van der Waals surface area contributed by atoms with Gasteiger partial charge >= 0.3 is 0 Å². The first kappa shape index (κ1) is 22.4. The zero-order valence-electron chi connectivity index (χ0n) is 19.0. The Bertz CT molecular complexity index is 728. The summed E-state index contributed by atoms with van der Waals surface area (Å²) in [4.78, 5) is 17.6. The molecule has 7 nitrogen and oxygen atoms in total. The maximum atomic E-state index is 12.9. The lowest BCUT2D eigenvalue weighted by Gasteiger charge is -2.35. The quantitative estimate of drug-likeness (QED) is 0.715. The van der Waals surface area contributed by atoms with Crippen LogP contribution in [0.15, 0.2) is 18.2 Å². The van der Waals surface area contributed by atoms with Gasteiger partial charge in [0.05, 0.1) is 32.4 Å². The fraction of sp³-hybridized carbons (Fsp3) is 0.708. The normalized spacial score (nSPS) is 23.5. The second-order valence-electron chi connectivity index (χ2n) is 9.35. The minimum absolute atomic E-state index is 0.0479. The van der Waals surface area contributed by atoms with E-state index in [1.807, 2.05) is 18.2 Å². The molecular weight excluding hydrogens is 394 g/mol. The van der Waals surface area contributed by atoms with Crippen LogP contribution in [-0.2, 0) is 9.53 Å². The number of nitrogens with zero attached hydrogens (tertiary/aromatic N) is 2. The Morgan fingerprint density at radius 3 is 2.52 bits per heavy atom. The molecule has 1 aromatic rings. The number of rotatable bonds is 7. The minimum Gasteiger partial charge on any atom is -0.490 e. The van der Waals surface area contributed by atoms with Gasteiger partial charge in [0.1, 0.15) is 0 Å². The van der Waals surface area contributed by atoms with E-state index in [9.17, 15) is 4.79 Å². The topological polar surface area (TPSA) is 63.3 Å². The zero-order chi connectivity index (χ0) is 21.6. The van der Waals surface area contributed by atoms with E-state index in [4.69, 9.17) is 14.2 Å².